The molecule has 2 aromatic rings. The van der Waals surface area contributed by atoms with Gasteiger partial charge in [-0.1, -0.05) is 44.2 Å². The normalized spacial score (nSPS) is 23.8. The fourth-order valence-electron chi connectivity index (χ4n) is 5.79. The molecule has 7 heteroatoms. The van der Waals surface area contributed by atoms with E-state index in [0.29, 0.717) is 24.0 Å². The number of nitrogens with zero attached hydrogens (tertiary/aromatic N) is 4. The number of carbonyl (C=O) groups is 1. The quantitative estimate of drug-likeness (QED) is 0.579. The lowest BCUT2D eigenvalue weighted by molar-refractivity contribution is 0.0488. The Hall–Kier alpha value is -2.41. The van der Waals surface area contributed by atoms with Crippen LogP contribution in [0.25, 0.3) is 0 Å². The van der Waals surface area contributed by atoms with Crippen molar-refractivity contribution in [3.05, 3.63) is 47.5 Å². The van der Waals surface area contributed by atoms with Crippen LogP contribution in [0, 0.1) is 6.92 Å². The molecule has 2 saturated heterocycles. The fraction of sp³-hybridized carbons (Fsp3) is 0.667. The van der Waals surface area contributed by atoms with Gasteiger partial charge in [0.25, 0.3) is 0 Å². The van der Waals surface area contributed by atoms with Gasteiger partial charge < -0.3 is 14.6 Å². The molecule has 1 amide bonds. The van der Waals surface area contributed by atoms with Crippen molar-refractivity contribution in [1.29, 1.82) is 0 Å². The molecular formula is C27H41N5O2. The third-order valence-corrected chi connectivity index (χ3v) is 7.20. The summed E-state index contributed by atoms with van der Waals surface area (Å²) in [6, 6.07) is 11.8. The van der Waals surface area contributed by atoms with E-state index < -0.39 is 5.60 Å². The minimum absolute atomic E-state index is 0.0687. The molecule has 1 aromatic carbocycles. The maximum Gasteiger partial charge on any atom is 0.408 e. The van der Waals surface area contributed by atoms with E-state index in [1.807, 2.05) is 39.0 Å². The largest absolute Gasteiger partial charge is 0.444 e. The molecule has 3 atom stereocenters. The number of piperidine rings is 1. The Kier molecular flexibility index (Phi) is 7.31. The number of aromatic nitrogens is 3. The van der Waals surface area contributed by atoms with Crippen LogP contribution in [0.4, 0.5) is 4.79 Å². The zero-order valence-electron chi connectivity index (χ0n) is 21.6. The van der Waals surface area contributed by atoms with Crippen molar-refractivity contribution in [3.63, 3.8) is 0 Å². The first-order chi connectivity index (χ1) is 16.1. The molecule has 4 rings (SSSR count). The number of hydrogen-bond donors (Lipinski definition) is 1. The Morgan fingerprint density at radius 1 is 1.09 bits per heavy atom. The van der Waals surface area contributed by atoms with E-state index >= 15 is 0 Å². The SMILES string of the molecule is Cc1nnc(C(C)C)n1C1CC2CCC(C1)N2CC[C@@H](NC(=O)OC(C)(C)C)c1ccccc1. The molecule has 2 bridgehead atoms. The van der Waals surface area contributed by atoms with Crippen molar-refractivity contribution in [1.82, 2.24) is 25.0 Å². The highest BCUT2D eigenvalue weighted by Gasteiger charge is 2.42. The second-order valence-electron chi connectivity index (χ2n) is 11.3. The number of aryl methyl sites for hydroxylation is 1. The first-order valence-electron chi connectivity index (χ1n) is 12.8. The first-order valence-corrected chi connectivity index (χ1v) is 12.8. The number of alkyl carbamates (subject to hydrolysis) is 1. The van der Waals surface area contributed by atoms with E-state index in [1.165, 1.54) is 12.8 Å². The number of fused-ring (bicyclic) bond motifs is 2. The summed E-state index contributed by atoms with van der Waals surface area (Å²) in [6.07, 6.45) is 5.29. The van der Waals surface area contributed by atoms with Crippen molar-refractivity contribution >= 4 is 6.09 Å². The summed E-state index contributed by atoms with van der Waals surface area (Å²) in [5.74, 6) is 2.52. The second kappa shape index (κ2) is 10.1. The van der Waals surface area contributed by atoms with E-state index in [4.69, 9.17) is 4.74 Å². The van der Waals surface area contributed by atoms with E-state index in [1.54, 1.807) is 0 Å². The molecule has 0 spiro atoms. The Bertz CT molecular complexity index is 951. The number of rotatable bonds is 7. The van der Waals surface area contributed by atoms with Gasteiger partial charge >= 0.3 is 6.09 Å². The highest BCUT2D eigenvalue weighted by molar-refractivity contribution is 5.68. The van der Waals surface area contributed by atoms with Crippen LogP contribution < -0.4 is 5.32 Å². The molecule has 0 saturated carbocycles. The zero-order valence-corrected chi connectivity index (χ0v) is 21.6. The smallest absolute Gasteiger partial charge is 0.408 e. The third kappa shape index (κ3) is 5.62. The minimum atomic E-state index is -0.512. The van der Waals surface area contributed by atoms with E-state index in [0.717, 1.165) is 43.0 Å². The highest BCUT2D eigenvalue weighted by Crippen LogP contribution is 2.42. The van der Waals surface area contributed by atoms with E-state index in [-0.39, 0.29) is 12.1 Å². The Morgan fingerprint density at radius 2 is 1.74 bits per heavy atom. The van der Waals surface area contributed by atoms with Crippen LogP contribution in [-0.2, 0) is 4.74 Å². The van der Waals surface area contributed by atoms with Gasteiger partial charge in [0.05, 0.1) is 6.04 Å². The molecule has 7 nitrogen and oxygen atoms in total. The molecule has 2 fully saturated rings. The van der Waals surface area contributed by atoms with Crippen LogP contribution in [-0.4, -0.2) is 50.0 Å². The maximum atomic E-state index is 12.6. The average molecular weight is 468 g/mol. The maximum absolute atomic E-state index is 12.6. The molecule has 1 N–H and O–H groups in total. The zero-order chi connectivity index (χ0) is 24.5. The lowest BCUT2D eigenvalue weighted by atomic mass is 9.95. The molecule has 1 aromatic heterocycles. The van der Waals surface area contributed by atoms with Crippen molar-refractivity contribution in [2.75, 3.05) is 6.54 Å². The molecule has 186 valence electrons. The summed E-state index contributed by atoms with van der Waals surface area (Å²) in [5, 5.41) is 12.0. The van der Waals surface area contributed by atoms with Gasteiger partial charge in [-0.3, -0.25) is 4.90 Å². The molecule has 2 aliphatic rings. The molecule has 2 unspecified atom stereocenters. The number of benzene rings is 1. The first kappa shape index (κ1) is 24.7. The van der Waals surface area contributed by atoms with Crippen molar-refractivity contribution in [3.8, 4) is 0 Å². The predicted octanol–water partition coefficient (Wildman–Crippen LogP) is 5.53. The Morgan fingerprint density at radius 3 is 2.32 bits per heavy atom. The molecular weight excluding hydrogens is 426 g/mol. The van der Waals surface area contributed by atoms with Crippen LogP contribution in [0.15, 0.2) is 30.3 Å². The van der Waals surface area contributed by atoms with Gasteiger partial charge in [-0.2, -0.15) is 0 Å². The Labute approximate surface area is 204 Å². The van der Waals surface area contributed by atoms with Gasteiger partial charge in [0, 0.05) is 30.6 Å². The van der Waals surface area contributed by atoms with Crippen molar-refractivity contribution < 1.29 is 9.53 Å². The Balaban J connectivity index is 1.43. The van der Waals surface area contributed by atoms with Gasteiger partial charge in [0.2, 0.25) is 0 Å². The molecule has 0 radical (unpaired) electrons. The van der Waals surface area contributed by atoms with Crippen molar-refractivity contribution in [2.24, 2.45) is 0 Å². The van der Waals surface area contributed by atoms with Gasteiger partial charge in [-0.15, -0.1) is 10.2 Å². The molecule has 3 heterocycles. The number of amides is 1. The highest BCUT2D eigenvalue weighted by atomic mass is 16.6. The number of nitrogens with one attached hydrogen (secondary N) is 1. The monoisotopic (exact) mass is 467 g/mol. The van der Waals surface area contributed by atoms with Crippen molar-refractivity contribution in [2.45, 2.75) is 109 Å². The van der Waals surface area contributed by atoms with Crippen LogP contribution in [0.3, 0.4) is 0 Å². The summed E-state index contributed by atoms with van der Waals surface area (Å²) in [6.45, 7) is 13.1. The van der Waals surface area contributed by atoms with Gasteiger partial charge in [-0.05, 0) is 65.4 Å². The summed E-state index contributed by atoms with van der Waals surface area (Å²) in [7, 11) is 0. The number of hydrogen-bond acceptors (Lipinski definition) is 5. The fourth-order valence-corrected chi connectivity index (χ4v) is 5.79. The number of carbonyl (C=O) groups excluding carboxylic acids is 1. The second-order valence-corrected chi connectivity index (χ2v) is 11.3. The molecule has 34 heavy (non-hydrogen) atoms. The molecule has 0 aliphatic carbocycles. The summed E-state index contributed by atoms with van der Waals surface area (Å²) >= 11 is 0. The van der Waals surface area contributed by atoms with Crippen LogP contribution in [0.2, 0.25) is 0 Å². The summed E-state index contributed by atoms with van der Waals surface area (Å²) in [4.78, 5) is 15.3. The van der Waals surface area contributed by atoms with Gasteiger partial charge in [0.1, 0.15) is 17.2 Å². The van der Waals surface area contributed by atoms with E-state index in [2.05, 4.69) is 57.9 Å². The third-order valence-electron chi connectivity index (χ3n) is 7.20. The van der Waals surface area contributed by atoms with E-state index in [9.17, 15) is 4.79 Å². The van der Waals surface area contributed by atoms with Gasteiger partial charge in [0.15, 0.2) is 0 Å². The minimum Gasteiger partial charge on any atom is -0.444 e. The standard InChI is InChI=1S/C27H41N5O2/c1-18(2)25-30-29-19(3)32(25)23-16-21-12-13-22(17-23)31(21)15-14-24(20-10-8-7-9-11-20)28-26(33)34-27(4,5)6/h7-11,18,21-24H,12-17H2,1-6H3,(H,28,33)/t21?,22?,23?,24-/m1/s1. The lowest BCUT2D eigenvalue weighted by Gasteiger charge is -2.40. The summed E-state index contributed by atoms with van der Waals surface area (Å²) in [5.41, 5.74) is 0.610. The topological polar surface area (TPSA) is 72.3 Å². The van der Waals surface area contributed by atoms with Crippen LogP contribution >= 0.6 is 0 Å². The molecule has 2 aliphatic heterocycles. The summed E-state index contributed by atoms with van der Waals surface area (Å²) < 4.78 is 7.96. The van der Waals surface area contributed by atoms with Crippen LogP contribution in [0.5, 0.6) is 0 Å². The lowest BCUT2D eigenvalue weighted by Crippen LogP contribution is -2.45. The average Bonchev–Trinajstić information content (AvgIpc) is 3.26. The number of ether oxygens (including phenoxy) is 1. The van der Waals surface area contributed by atoms with Crippen LogP contribution in [0.1, 0.15) is 102 Å². The van der Waals surface area contributed by atoms with Gasteiger partial charge in [-0.25, -0.2) is 4.79 Å². The predicted molar refractivity (Wildman–Crippen MR) is 134 cm³/mol.